The third kappa shape index (κ3) is 2.60. The number of nitrogen functional groups attached to an aromatic ring is 1. The third-order valence-corrected chi connectivity index (χ3v) is 1.90. The average molecular weight is 276 g/mol. The number of halogens is 1. The Morgan fingerprint density at radius 2 is 2.45 bits per heavy atom. The van der Waals surface area contributed by atoms with Crippen LogP contribution in [0.5, 0.6) is 0 Å². The van der Waals surface area contributed by atoms with Crippen molar-refractivity contribution in [3.63, 3.8) is 0 Å². The summed E-state index contributed by atoms with van der Waals surface area (Å²) in [7, 11) is 1.43. The minimum absolute atomic E-state index is 0.491. The van der Waals surface area contributed by atoms with Crippen LogP contribution in [-0.4, -0.2) is 4.98 Å². The van der Waals surface area contributed by atoms with Gasteiger partial charge in [0.05, 0.1) is 5.56 Å². The quantitative estimate of drug-likeness (QED) is 0.582. The third-order valence-electron chi connectivity index (χ3n) is 1.06. The van der Waals surface area contributed by atoms with E-state index in [2.05, 4.69) is 37.4 Å². The van der Waals surface area contributed by atoms with Crippen LogP contribution in [0.1, 0.15) is 5.56 Å². The van der Waals surface area contributed by atoms with E-state index < -0.39 is 0 Å². The van der Waals surface area contributed by atoms with Crippen LogP contribution in [0.25, 0.3) is 0 Å². The summed E-state index contributed by atoms with van der Waals surface area (Å²) in [5.74, 6) is 3.37. The fourth-order valence-electron chi connectivity index (χ4n) is 0.597. The lowest BCUT2D eigenvalue weighted by Crippen LogP contribution is -1.92. The summed E-state index contributed by atoms with van der Waals surface area (Å²) in [6.45, 7) is 0. The molecule has 0 saturated heterocycles. The molecule has 0 aliphatic carbocycles. The van der Waals surface area contributed by atoms with Gasteiger partial charge >= 0.3 is 0 Å². The van der Waals surface area contributed by atoms with Crippen molar-refractivity contribution in [3.05, 3.63) is 23.9 Å². The van der Waals surface area contributed by atoms with Gasteiger partial charge in [-0.3, -0.25) is 0 Å². The topological polar surface area (TPSA) is 38.9 Å². The van der Waals surface area contributed by atoms with Gasteiger partial charge in [0.2, 0.25) is 0 Å². The summed E-state index contributed by atoms with van der Waals surface area (Å²) in [6, 6.07) is 3.67. The van der Waals surface area contributed by atoms with Crippen molar-refractivity contribution >= 4 is 36.0 Å². The first kappa shape index (κ1) is 8.68. The highest BCUT2D eigenvalue weighted by Crippen LogP contribution is 2.09. The van der Waals surface area contributed by atoms with E-state index >= 15 is 0 Å². The number of anilines is 1. The lowest BCUT2D eigenvalue weighted by molar-refractivity contribution is 1.32. The van der Waals surface area contributed by atoms with Crippen LogP contribution in [0.3, 0.4) is 0 Å². The fourth-order valence-corrected chi connectivity index (χ4v) is 1.08. The van der Waals surface area contributed by atoms with Crippen LogP contribution in [0.4, 0.5) is 5.82 Å². The standard InChI is InChI=1S/C7H5IN2S/c8-11-5-3-6-2-1-4-10-7(6)9/h1-2,4H,(H2,9,10). The van der Waals surface area contributed by atoms with Crippen molar-refractivity contribution in [2.24, 2.45) is 0 Å². The minimum atomic E-state index is 0.491. The number of rotatable bonds is 0. The predicted octanol–water partition coefficient (Wildman–Crippen LogP) is 2.06. The van der Waals surface area contributed by atoms with Gasteiger partial charge in [-0.25, -0.2) is 4.98 Å². The zero-order chi connectivity index (χ0) is 8.10. The molecule has 0 aliphatic rings. The molecule has 11 heavy (non-hydrogen) atoms. The molecule has 2 nitrogen and oxygen atoms in total. The molecule has 0 amide bonds. The average Bonchev–Trinajstić information content (AvgIpc) is 2.03. The number of nitrogens with zero attached hydrogens (tertiary/aromatic N) is 1. The van der Waals surface area contributed by atoms with Gasteiger partial charge in [0.1, 0.15) is 5.82 Å². The maximum Gasteiger partial charge on any atom is 0.139 e. The van der Waals surface area contributed by atoms with Gasteiger partial charge in [-0.2, -0.15) is 0 Å². The van der Waals surface area contributed by atoms with Crippen LogP contribution < -0.4 is 5.73 Å². The van der Waals surface area contributed by atoms with Crippen LogP contribution in [0.2, 0.25) is 0 Å². The molecule has 2 N–H and O–H groups in total. The van der Waals surface area contributed by atoms with Crippen LogP contribution >= 0.6 is 30.1 Å². The molecule has 1 heterocycles. The second kappa shape index (κ2) is 4.46. The van der Waals surface area contributed by atoms with Gasteiger partial charge in [0.15, 0.2) is 0 Å². The number of hydrogen-bond acceptors (Lipinski definition) is 3. The molecular weight excluding hydrogens is 271 g/mol. The first-order valence-corrected chi connectivity index (χ1v) is 6.19. The molecule has 0 atom stereocenters. The molecule has 1 aromatic rings. The Balaban J connectivity index is 2.95. The van der Waals surface area contributed by atoms with Crippen LogP contribution in [-0.2, 0) is 0 Å². The second-order valence-corrected chi connectivity index (χ2v) is 3.42. The van der Waals surface area contributed by atoms with Crippen molar-refractivity contribution in [2.45, 2.75) is 0 Å². The number of pyridine rings is 1. The maximum atomic E-state index is 5.54. The number of hydrogen-bond donors (Lipinski definition) is 1. The van der Waals surface area contributed by atoms with E-state index in [1.165, 1.54) is 8.93 Å². The Hall–Kier alpha value is -0.410. The van der Waals surface area contributed by atoms with Crippen LogP contribution in [0, 0.1) is 11.2 Å². The minimum Gasteiger partial charge on any atom is -0.383 e. The SMILES string of the molecule is Nc1ncccc1C#CSI. The molecule has 1 rings (SSSR count). The van der Waals surface area contributed by atoms with E-state index in [-0.39, 0.29) is 0 Å². The van der Waals surface area contributed by atoms with Gasteiger partial charge in [0.25, 0.3) is 0 Å². The van der Waals surface area contributed by atoms with Gasteiger partial charge < -0.3 is 5.73 Å². The van der Waals surface area contributed by atoms with Crippen molar-refractivity contribution < 1.29 is 0 Å². The van der Waals surface area contributed by atoms with E-state index in [4.69, 9.17) is 5.73 Å². The molecule has 0 aromatic carbocycles. The molecule has 0 bridgehead atoms. The summed E-state index contributed by atoms with van der Waals surface area (Å²) in [5, 5.41) is 2.84. The van der Waals surface area contributed by atoms with Crippen molar-refractivity contribution in [2.75, 3.05) is 5.73 Å². The van der Waals surface area contributed by atoms with Crippen molar-refractivity contribution in [1.29, 1.82) is 0 Å². The fraction of sp³-hybridized carbons (Fsp3) is 0. The van der Waals surface area contributed by atoms with Gasteiger partial charge in [0, 0.05) is 27.4 Å². The molecule has 0 radical (unpaired) electrons. The Labute approximate surface area is 81.6 Å². The Bertz CT molecular complexity index is 303. The monoisotopic (exact) mass is 276 g/mol. The summed E-state index contributed by atoms with van der Waals surface area (Å²) >= 11 is 2.11. The largest absolute Gasteiger partial charge is 0.383 e. The normalized spacial score (nSPS) is 8.45. The van der Waals surface area contributed by atoms with Crippen LogP contribution in [0.15, 0.2) is 18.3 Å². The highest BCUT2D eigenvalue weighted by atomic mass is 127. The molecule has 56 valence electrons. The highest BCUT2D eigenvalue weighted by Gasteiger charge is 1.91. The number of aromatic nitrogens is 1. The van der Waals surface area contributed by atoms with E-state index in [0.29, 0.717) is 5.82 Å². The van der Waals surface area contributed by atoms with E-state index in [0.717, 1.165) is 5.56 Å². The maximum absolute atomic E-state index is 5.54. The Morgan fingerprint density at radius 1 is 1.64 bits per heavy atom. The lowest BCUT2D eigenvalue weighted by Gasteiger charge is -1.92. The van der Waals surface area contributed by atoms with E-state index in [1.807, 2.05) is 12.1 Å². The predicted molar refractivity (Wildman–Crippen MR) is 57.1 cm³/mol. The smallest absolute Gasteiger partial charge is 0.139 e. The van der Waals surface area contributed by atoms with Gasteiger partial charge in [-0.05, 0) is 26.3 Å². The van der Waals surface area contributed by atoms with Gasteiger partial charge in [-0.1, -0.05) is 5.92 Å². The van der Waals surface area contributed by atoms with E-state index in [1.54, 1.807) is 6.20 Å². The van der Waals surface area contributed by atoms with Crippen molar-refractivity contribution in [1.82, 2.24) is 4.98 Å². The van der Waals surface area contributed by atoms with Crippen molar-refractivity contribution in [3.8, 4) is 11.2 Å². The zero-order valence-corrected chi connectivity index (χ0v) is 8.52. The molecular formula is C7H5IN2S. The first-order chi connectivity index (χ1) is 5.34. The number of nitrogens with two attached hydrogens (primary N) is 1. The highest BCUT2D eigenvalue weighted by molar-refractivity contribution is 14.2. The summed E-state index contributed by atoms with van der Waals surface area (Å²) in [4.78, 5) is 3.90. The molecule has 0 saturated carbocycles. The molecule has 0 aliphatic heterocycles. The first-order valence-electron chi connectivity index (χ1n) is 2.83. The molecule has 4 heteroatoms. The Morgan fingerprint density at radius 3 is 3.09 bits per heavy atom. The summed E-state index contributed by atoms with van der Waals surface area (Å²) in [6.07, 6.45) is 1.65. The zero-order valence-electron chi connectivity index (χ0n) is 5.54. The summed E-state index contributed by atoms with van der Waals surface area (Å²) < 4.78 is 0. The molecule has 0 spiro atoms. The van der Waals surface area contributed by atoms with Gasteiger partial charge in [-0.15, -0.1) is 0 Å². The lowest BCUT2D eigenvalue weighted by atomic mass is 10.3. The summed E-state index contributed by atoms with van der Waals surface area (Å²) in [5.41, 5.74) is 6.32. The molecule has 0 unspecified atom stereocenters. The second-order valence-electron chi connectivity index (χ2n) is 1.74. The molecule has 1 aromatic heterocycles. The Kier molecular flexibility index (Phi) is 3.52. The molecule has 0 fully saturated rings. The van der Waals surface area contributed by atoms with E-state index in [9.17, 15) is 0 Å².